The van der Waals surface area contributed by atoms with E-state index in [1.165, 1.54) is 11.3 Å². The number of amides is 3. The highest BCUT2D eigenvalue weighted by Gasteiger charge is 2.29. The third-order valence-corrected chi connectivity index (χ3v) is 4.39. The highest BCUT2D eigenvalue weighted by atomic mass is 32.1. The number of aromatic nitrogens is 1. The molecule has 6 nitrogen and oxygen atoms in total. The van der Waals surface area contributed by atoms with Crippen LogP contribution in [0, 0.1) is 5.92 Å². The Morgan fingerprint density at radius 1 is 1.33 bits per heavy atom. The summed E-state index contributed by atoms with van der Waals surface area (Å²) >= 11 is 1.54. The number of likely N-dealkylation sites (tertiary alicyclic amines) is 1. The molecule has 2 rings (SSSR count). The summed E-state index contributed by atoms with van der Waals surface area (Å²) in [5.74, 6) is 0.166. The average molecular weight is 310 g/mol. The first-order chi connectivity index (χ1) is 9.99. The smallest absolute Gasteiger partial charge is 0.319 e. The summed E-state index contributed by atoms with van der Waals surface area (Å²) in [7, 11) is 5.32. The van der Waals surface area contributed by atoms with Crippen molar-refractivity contribution >= 4 is 23.3 Å². The summed E-state index contributed by atoms with van der Waals surface area (Å²) in [6.07, 6.45) is 1.47. The number of carbonyl (C=O) groups excluding carboxylic acids is 2. The van der Waals surface area contributed by atoms with Crippen molar-refractivity contribution in [2.75, 3.05) is 34.2 Å². The summed E-state index contributed by atoms with van der Waals surface area (Å²) in [4.78, 5) is 33.6. The lowest BCUT2D eigenvalue weighted by atomic mass is 9.95. The van der Waals surface area contributed by atoms with Gasteiger partial charge in [0, 0.05) is 45.5 Å². The van der Waals surface area contributed by atoms with Crippen LogP contribution in [0.3, 0.4) is 0 Å². The second-order valence-corrected chi connectivity index (χ2v) is 6.33. The van der Waals surface area contributed by atoms with Crippen molar-refractivity contribution in [3.63, 3.8) is 0 Å². The number of urea groups is 1. The van der Waals surface area contributed by atoms with Crippen molar-refractivity contribution in [2.24, 2.45) is 5.92 Å². The van der Waals surface area contributed by atoms with Gasteiger partial charge in [-0.1, -0.05) is 0 Å². The number of hydrogen-bond acceptors (Lipinski definition) is 4. The Morgan fingerprint density at radius 3 is 2.52 bits per heavy atom. The van der Waals surface area contributed by atoms with E-state index >= 15 is 0 Å². The number of nitrogens with zero attached hydrogens (tertiary/aromatic N) is 4. The lowest BCUT2D eigenvalue weighted by molar-refractivity contribution is -0.136. The van der Waals surface area contributed by atoms with Crippen LogP contribution in [0.4, 0.5) is 4.79 Å². The lowest BCUT2D eigenvalue weighted by Gasteiger charge is -2.34. The highest BCUT2D eigenvalue weighted by molar-refractivity contribution is 7.07. The van der Waals surface area contributed by atoms with Crippen LogP contribution in [0.1, 0.15) is 18.5 Å². The quantitative estimate of drug-likeness (QED) is 0.850. The molecule has 0 aromatic carbocycles. The molecule has 1 aliphatic heterocycles. The van der Waals surface area contributed by atoms with E-state index in [2.05, 4.69) is 4.98 Å². The van der Waals surface area contributed by atoms with Crippen LogP contribution in [-0.4, -0.2) is 65.9 Å². The van der Waals surface area contributed by atoms with Gasteiger partial charge < -0.3 is 14.7 Å². The van der Waals surface area contributed by atoms with E-state index in [1.807, 2.05) is 17.3 Å². The maximum absolute atomic E-state index is 12.4. The molecule has 0 saturated carbocycles. The van der Waals surface area contributed by atoms with Gasteiger partial charge in [0.25, 0.3) is 0 Å². The molecular weight excluding hydrogens is 288 g/mol. The van der Waals surface area contributed by atoms with Gasteiger partial charge in [-0.2, -0.15) is 0 Å². The highest BCUT2D eigenvalue weighted by Crippen LogP contribution is 2.20. The van der Waals surface area contributed by atoms with Gasteiger partial charge in [-0.05, 0) is 12.8 Å². The summed E-state index contributed by atoms with van der Waals surface area (Å²) in [6, 6.07) is 0.0247. The molecule has 0 N–H and O–H groups in total. The molecule has 0 radical (unpaired) electrons. The Kier molecular flexibility index (Phi) is 5.17. The number of piperidine rings is 1. The SMILES string of the molecule is CN(C)C(=O)N1CCC(C(=O)N(C)Cc2cscn2)CC1. The second-order valence-electron chi connectivity index (χ2n) is 5.61. The second kappa shape index (κ2) is 6.89. The van der Waals surface area contributed by atoms with Gasteiger partial charge in [0.1, 0.15) is 0 Å². The molecule has 3 amide bonds. The van der Waals surface area contributed by atoms with Gasteiger partial charge in [-0.3, -0.25) is 4.79 Å². The van der Waals surface area contributed by atoms with Crippen molar-refractivity contribution in [1.82, 2.24) is 19.7 Å². The zero-order valence-electron chi connectivity index (χ0n) is 12.8. The zero-order chi connectivity index (χ0) is 15.4. The number of thiazole rings is 1. The van der Waals surface area contributed by atoms with E-state index in [0.717, 1.165) is 18.5 Å². The van der Waals surface area contributed by atoms with Crippen LogP contribution in [0.5, 0.6) is 0 Å². The van der Waals surface area contributed by atoms with E-state index in [9.17, 15) is 9.59 Å². The molecule has 0 aliphatic carbocycles. The van der Waals surface area contributed by atoms with Gasteiger partial charge >= 0.3 is 6.03 Å². The fourth-order valence-corrected chi connectivity index (χ4v) is 3.10. The number of carbonyl (C=O) groups is 2. The first kappa shape index (κ1) is 15.8. The van der Waals surface area contributed by atoms with Gasteiger partial charge in [0.15, 0.2) is 0 Å². The first-order valence-electron chi connectivity index (χ1n) is 7.07. The lowest BCUT2D eigenvalue weighted by Crippen LogP contribution is -2.46. The maximum atomic E-state index is 12.4. The van der Waals surface area contributed by atoms with Crippen molar-refractivity contribution in [3.8, 4) is 0 Å². The fourth-order valence-electron chi connectivity index (χ4n) is 2.55. The van der Waals surface area contributed by atoms with E-state index in [0.29, 0.717) is 19.6 Å². The molecule has 21 heavy (non-hydrogen) atoms. The fraction of sp³-hybridized carbons (Fsp3) is 0.643. The van der Waals surface area contributed by atoms with Gasteiger partial charge in [0.2, 0.25) is 5.91 Å². The van der Waals surface area contributed by atoms with Crippen LogP contribution in [0.25, 0.3) is 0 Å². The summed E-state index contributed by atoms with van der Waals surface area (Å²) < 4.78 is 0. The molecular formula is C14H22N4O2S. The minimum absolute atomic E-state index is 0.0137. The Morgan fingerprint density at radius 2 is 2.00 bits per heavy atom. The largest absolute Gasteiger partial charge is 0.340 e. The first-order valence-corrected chi connectivity index (χ1v) is 8.01. The van der Waals surface area contributed by atoms with E-state index in [-0.39, 0.29) is 17.9 Å². The molecule has 1 aliphatic rings. The molecule has 1 aromatic rings. The van der Waals surface area contributed by atoms with Crippen molar-refractivity contribution in [1.29, 1.82) is 0 Å². The average Bonchev–Trinajstić information content (AvgIpc) is 2.98. The van der Waals surface area contributed by atoms with Gasteiger partial charge in [0.05, 0.1) is 17.7 Å². The molecule has 2 heterocycles. The summed E-state index contributed by atoms with van der Waals surface area (Å²) in [5, 5.41) is 1.96. The topological polar surface area (TPSA) is 56.8 Å². The molecule has 0 unspecified atom stereocenters. The minimum Gasteiger partial charge on any atom is -0.340 e. The predicted octanol–water partition coefficient (Wildman–Crippen LogP) is 1.50. The Hall–Kier alpha value is -1.63. The maximum Gasteiger partial charge on any atom is 0.319 e. The van der Waals surface area contributed by atoms with E-state index < -0.39 is 0 Å². The molecule has 0 atom stereocenters. The van der Waals surface area contributed by atoms with Crippen molar-refractivity contribution in [3.05, 3.63) is 16.6 Å². The number of hydrogen-bond donors (Lipinski definition) is 0. The summed E-state index contributed by atoms with van der Waals surface area (Å²) in [5.41, 5.74) is 2.70. The molecule has 0 bridgehead atoms. The molecule has 1 saturated heterocycles. The van der Waals surface area contributed by atoms with Crippen LogP contribution < -0.4 is 0 Å². The van der Waals surface area contributed by atoms with Crippen molar-refractivity contribution < 1.29 is 9.59 Å². The van der Waals surface area contributed by atoms with E-state index in [4.69, 9.17) is 0 Å². The van der Waals surface area contributed by atoms with Crippen LogP contribution in [-0.2, 0) is 11.3 Å². The Labute approximate surface area is 129 Å². The standard InChI is InChI=1S/C14H22N4O2S/c1-16(2)14(20)18-6-4-11(5-7-18)13(19)17(3)8-12-9-21-10-15-12/h9-11H,4-8H2,1-3H3. The molecule has 1 aromatic heterocycles. The number of rotatable bonds is 3. The third kappa shape index (κ3) is 3.93. The Bertz CT molecular complexity index is 481. The monoisotopic (exact) mass is 310 g/mol. The van der Waals surface area contributed by atoms with Crippen LogP contribution >= 0.6 is 11.3 Å². The molecule has 116 valence electrons. The molecule has 1 fully saturated rings. The molecule has 0 spiro atoms. The van der Waals surface area contributed by atoms with Crippen molar-refractivity contribution in [2.45, 2.75) is 19.4 Å². The molecule has 7 heteroatoms. The van der Waals surface area contributed by atoms with Crippen LogP contribution in [0.2, 0.25) is 0 Å². The Balaban J connectivity index is 1.84. The van der Waals surface area contributed by atoms with Gasteiger partial charge in [-0.15, -0.1) is 11.3 Å². The van der Waals surface area contributed by atoms with Gasteiger partial charge in [-0.25, -0.2) is 9.78 Å². The third-order valence-electron chi connectivity index (χ3n) is 3.76. The normalized spacial score (nSPS) is 15.9. The zero-order valence-corrected chi connectivity index (χ0v) is 13.6. The van der Waals surface area contributed by atoms with E-state index in [1.54, 1.807) is 29.4 Å². The van der Waals surface area contributed by atoms with Crippen LogP contribution in [0.15, 0.2) is 10.9 Å². The summed E-state index contributed by atoms with van der Waals surface area (Å²) in [6.45, 7) is 1.86. The minimum atomic E-state index is 0.0137. The predicted molar refractivity (Wildman–Crippen MR) is 82.0 cm³/mol.